The Bertz CT molecular complexity index is 753. The minimum atomic E-state index is -0.223. The van der Waals surface area contributed by atoms with Crippen LogP contribution in [-0.4, -0.2) is 16.7 Å². The first kappa shape index (κ1) is 15.8. The van der Waals surface area contributed by atoms with Crippen LogP contribution in [0.4, 0.5) is 4.39 Å². The summed E-state index contributed by atoms with van der Waals surface area (Å²) in [5, 5.41) is 8.95. The van der Waals surface area contributed by atoms with Gasteiger partial charge in [0, 0.05) is 34.3 Å². The molecule has 4 heteroatoms. The van der Waals surface area contributed by atoms with Gasteiger partial charge in [-0.15, -0.1) is 11.3 Å². The Hall–Kier alpha value is -2.04. The third-order valence-corrected chi connectivity index (χ3v) is 4.96. The lowest BCUT2D eigenvalue weighted by Gasteiger charge is -2.04. The van der Waals surface area contributed by atoms with E-state index in [9.17, 15) is 4.39 Å². The van der Waals surface area contributed by atoms with Gasteiger partial charge in [0.2, 0.25) is 0 Å². The standard InChI is InChI=1S/C19H18FNOS/c20-16-6-4-15(5-7-16)19-18(14-8-10-21-11-9-14)13-17(23-19)3-1-2-12-22/h4-11,13,22H,1-3,12H2. The molecule has 118 valence electrons. The molecule has 2 nitrogen and oxygen atoms in total. The number of aryl methyl sites for hydroxylation is 1. The van der Waals surface area contributed by atoms with Crippen LogP contribution in [0.15, 0.2) is 54.9 Å². The second-order valence-electron chi connectivity index (χ2n) is 5.38. The number of aromatic nitrogens is 1. The molecule has 1 aromatic carbocycles. The molecule has 0 aliphatic rings. The van der Waals surface area contributed by atoms with Crippen molar-refractivity contribution in [3.05, 3.63) is 65.6 Å². The van der Waals surface area contributed by atoms with Crippen molar-refractivity contribution >= 4 is 11.3 Å². The van der Waals surface area contributed by atoms with Crippen molar-refractivity contribution in [2.45, 2.75) is 19.3 Å². The van der Waals surface area contributed by atoms with Gasteiger partial charge in [0.1, 0.15) is 5.82 Å². The van der Waals surface area contributed by atoms with Crippen molar-refractivity contribution in [1.29, 1.82) is 0 Å². The molecule has 23 heavy (non-hydrogen) atoms. The molecule has 0 fully saturated rings. The van der Waals surface area contributed by atoms with Crippen LogP contribution in [0.5, 0.6) is 0 Å². The van der Waals surface area contributed by atoms with Crippen LogP contribution >= 0.6 is 11.3 Å². The Kier molecular flexibility index (Phi) is 5.16. The highest BCUT2D eigenvalue weighted by Crippen LogP contribution is 2.39. The molecule has 0 aliphatic carbocycles. The van der Waals surface area contributed by atoms with Gasteiger partial charge in [-0.3, -0.25) is 4.98 Å². The molecular formula is C19H18FNOS. The summed E-state index contributed by atoms with van der Waals surface area (Å²) >= 11 is 1.74. The Morgan fingerprint density at radius 2 is 1.70 bits per heavy atom. The first-order chi connectivity index (χ1) is 11.3. The second-order valence-corrected chi connectivity index (χ2v) is 6.52. The number of unbranched alkanes of at least 4 members (excludes halogenated alkanes) is 1. The molecule has 2 heterocycles. The third kappa shape index (κ3) is 3.84. The maximum absolute atomic E-state index is 13.2. The number of halogens is 1. The summed E-state index contributed by atoms with van der Waals surface area (Å²) in [5.41, 5.74) is 3.30. The SMILES string of the molecule is OCCCCc1cc(-c2ccncc2)c(-c2ccc(F)cc2)s1. The minimum Gasteiger partial charge on any atom is -0.396 e. The molecular weight excluding hydrogens is 309 g/mol. The van der Waals surface area contributed by atoms with E-state index in [1.54, 1.807) is 23.7 Å². The van der Waals surface area contributed by atoms with Gasteiger partial charge in [0.05, 0.1) is 0 Å². The lowest BCUT2D eigenvalue weighted by atomic mass is 10.0. The minimum absolute atomic E-state index is 0.223. The van der Waals surface area contributed by atoms with Crippen molar-refractivity contribution in [3.8, 4) is 21.6 Å². The van der Waals surface area contributed by atoms with Crippen molar-refractivity contribution in [3.63, 3.8) is 0 Å². The zero-order valence-corrected chi connectivity index (χ0v) is 13.5. The fourth-order valence-corrected chi connectivity index (χ4v) is 3.76. The van der Waals surface area contributed by atoms with E-state index in [2.05, 4.69) is 11.1 Å². The number of aliphatic hydroxyl groups is 1. The van der Waals surface area contributed by atoms with Gasteiger partial charge in [-0.25, -0.2) is 4.39 Å². The van der Waals surface area contributed by atoms with E-state index < -0.39 is 0 Å². The molecule has 0 saturated heterocycles. The van der Waals surface area contributed by atoms with Crippen LogP contribution in [-0.2, 0) is 6.42 Å². The van der Waals surface area contributed by atoms with E-state index in [0.717, 1.165) is 40.8 Å². The van der Waals surface area contributed by atoms with Gasteiger partial charge >= 0.3 is 0 Å². The summed E-state index contributed by atoms with van der Waals surface area (Å²) in [6, 6.07) is 12.8. The van der Waals surface area contributed by atoms with E-state index >= 15 is 0 Å². The molecule has 3 rings (SSSR count). The van der Waals surface area contributed by atoms with Crippen molar-refractivity contribution in [2.75, 3.05) is 6.61 Å². The molecule has 0 bridgehead atoms. The largest absolute Gasteiger partial charge is 0.396 e. The zero-order chi connectivity index (χ0) is 16.1. The maximum atomic E-state index is 13.2. The van der Waals surface area contributed by atoms with Crippen LogP contribution in [0.1, 0.15) is 17.7 Å². The van der Waals surface area contributed by atoms with E-state index in [-0.39, 0.29) is 12.4 Å². The van der Waals surface area contributed by atoms with Crippen LogP contribution in [0.2, 0.25) is 0 Å². The molecule has 2 aromatic heterocycles. The summed E-state index contributed by atoms with van der Waals surface area (Å²) in [6.07, 6.45) is 6.30. The first-order valence-corrected chi connectivity index (χ1v) is 8.49. The molecule has 0 atom stereocenters. The quantitative estimate of drug-likeness (QED) is 0.651. The van der Waals surface area contributed by atoms with E-state index in [0.29, 0.717) is 0 Å². The van der Waals surface area contributed by atoms with Crippen LogP contribution < -0.4 is 0 Å². The Labute approximate surface area is 139 Å². The number of pyridine rings is 1. The molecule has 0 radical (unpaired) electrons. The molecule has 1 N–H and O–H groups in total. The van der Waals surface area contributed by atoms with Crippen molar-refractivity contribution in [1.82, 2.24) is 4.98 Å². The normalized spacial score (nSPS) is 10.9. The lowest BCUT2D eigenvalue weighted by molar-refractivity contribution is 0.285. The predicted molar refractivity (Wildman–Crippen MR) is 93.0 cm³/mol. The van der Waals surface area contributed by atoms with Gasteiger partial charge < -0.3 is 5.11 Å². The molecule has 0 aliphatic heterocycles. The average Bonchev–Trinajstić information content (AvgIpc) is 3.01. The maximum Gasteiger partial charge on any atom is 0.123 e. The van der Waals surface area contributed by atoms with E-state index in [1.807, 2.05) is 24.3 Å². The number of rotatable bonds is 6. The number of hydrogen-bond donors (Lipinski definition) is 1. The fraction of sp³-hybridized carbons (Fsp3) is 0.211. The van der Waals surface area contributed by atoms with Crippen LogP contribution in [0.25, 0.3) is 21.6 Å². The molecule has 0 amide bonds. The Morgan fingerprint density at radius 3 is 2.39 bits per heavy atom. The van der Waals surface area contributed by atoms with Crippen LogP contribution in [0, 0.1) is 5.82 Å². The molecule has 0 unspecified atom stereocenters. The zero-order valence-electron chi connectivity index (χ0n) is 12.7. The topological polar surface area (TPSA) is 33.1 Å². The highest BCUT2D eigenvalue weighted by atomic mass is 32.1. The van der Waals surface area contributed by atoms with Gasteiger partial charge in [-0.2, -0.15) is 0 Å². The highest BCUT2D eigenvalue weighted by molar-refractivity contribution is 7.16. The number of nitrogens with zero attached hydrogens (tertiary/aromatic N) is 1. The first-order valence-electron chi connectivity index (χ1n) is 7.68. The Balaban J connectivity index is 2.00. The summed E-state index contributed by atoms with van der Waals surface area (Å²) in [5.74, 6) is -0.223. The van der Waals surface area contributed by atoms with E-state index in [4.69, 9.17) is 5.11 Å². The summed E-state index contributed by atoms with van der Waals surface area (Å²) in [6.45, 7) is 0.230. The number of benzene rings is 1. The Morgan fingerprint density at radius 1 is 0.957 bits per heavy atom. The van der Waals surface area contributed by atoms with E-state index in [1.165, 1.54) is 17.0 Å². The summed E-state index contributed by atoms with van der Waals surface area (Å²) in [4.78, 5) is 6.51. The molecule has 0 spiro atoms. The molecule has 3 aromatic rings. The smallest absolute Gasteiger partial charge is 0.123 e. The van der Waals surface area contributed by atoms with Gasteiger partial charge in [0.25, 0.3) is 0 Å². The summed E-state index contributed by atoms with van der Waals surface area (Å²) < 4.78 is 13.2. The number of aliphatic hydroxyl groups excluding tert-OH is 1. The monoisotopic (exact) mass is 327 g/mol. The second kappa shape index (κ2) is 7.49. The van der Waals surface area contributed by atoms with Crippen molar-refractivity contribution in [2.24, 2.45) is 0 Å². The fourth-order valence-electron chi connectivity index (χ4n) is 2.54. The predicted octanol–water partition coefficient (Wildman–Crippen LogP) is 4.93. The van der Waals surface area contributed by atoms with Gasteiger partial charge in [-0.05, 0) is 60.7 Å². The van der Waals surface area contributed by atoms with Gasteiger partial charge in [-0.1, -0.05) is 12.1 Å². The van der Waals surface area contributed by atoms with Crippen molar-refractivity contribution < 1.29 is 9.50 Å². The molecule has 0 saturated carbocycles. The van der Waals surface area contributed by atoms with Gasteiger partial charge in [0.15, 0.2) is 0 Å². The lowest BCUT2D eigenvalue weighted by Crippen LogP contribution is -1.85. The third-order valence-electron chi connectivity index (χ3n) is 3.71. The average molecular weight is 327 g/mol. The highest BCUT2D eigenvalue weighted by Gasteiger charge is 2.13. The summed E-state index contributed by atoms with van der Waals surface area (Å²) in [7, 11) is 0. The number of hydrogen-bond acceptors (Lipinski definition) is 3. The number of thiophene rings is 1. The van der Waals surface area contributed by atoms with Crippen LogP contribution in [0.3, 0.4) is 0 Å².